The predicted molar refractivity (Wildman–Crippen MR) is 73.2 cm³/mol. The van der Waals surface area contributed by atoms with Crippen molar-refractivity contribution in [2.45, 2.75) is 25.3 Å². The number of hydrogen-bond acceptors (Lipinski definition) is 4. The van der Waals surface area contributed by atoms with E-state index < -0.39 is 0 Å². The van der Waals surface area contributed by atoms with Crippen LogP contribution in [0, 0.1) is 6.92 Å². The molecule has 1 atom stereocenters. The second kappa shape index (κ2) is 5.82. The monoisotopic (exact) mass is 268 g/mol. The van der Waals surface area contributed by atoms with Crippen LogP contribution in [0.15, 0.2) is 11.4 Å². The lowest BCUT2D eigenvalue weighted by Crippen LogP contribution is -2.52. The van der Waals surface area contributed by atoms with E-state index in [0.29, 0.717) is 13.2 Å². The van der Waals surface area contributed by atoms with Gasteiger partial charge in [-0.05, 0) is 43.3 Å². The summed E-state index contributed by atoms with van der Waals surface area (Å²) in [5.41, 5.74) is 0.952. The molecule has 0 aromatic carbocycles. The van der Waals surface area contributed by atoms with E-state index in [1.807, 2.05) is 18.4 Å². The third kappa shape index (κ3) is 2.91. The van der Waals surface area contributed by atoms with Crippen LogP contribution >= 0.6 is 11.3 Å². The first-order valence-corrected chi connectivity index (χ1v) is 7.11. The van der Waals surface area contributed by atoms with Crippen LogP contribution in [0.1, 0.15) is 28.1 Å². The quantitative estimate of drug-likeness (QED) is 0.852. The molecule has 1 aromatic heterocycles. The minimum absolute atomic E-state index is 0.0201. The molecule has 2 heterocycles. The van der Waals surface area contributed by atoms with Gasteiger partial charge >= 0.3 is 0 Å². The van der Waals surface area contributed by atoms with Crippen molar-refractivity contribution in [3.8, 4) is 0 Å². The molecule has 1 saturated heterocycles. The molecule has 1 fully saturated rings. The van der Waals surface area contributed by atoms with Gasteiger partial charge in [-0.1, -0.05) is 0 Å². The Morgan fingerprint density at radius 3 is 3.06 bits per heavy atom. The maximum absolute atomic E-state index is 12.1. The number of carbonyl (C=O) groups excluding carboxylic acids is 1. The zero-order chi connectivity index (χ0) is 13.0. The lowest BCUT2D eigenvalue weighted by molar-refractivity contribution is 0.0895. The normalized spacial score (nSPS) is 23.2. The van der Waals surface area contributed by atoms with Gasteiger partial charge in [-0.25, -0.2) is 0 Å². The van der Waals surface area contributed by atoms with Crippen molar-refractivity contribution in [3.05, 3.63) is 21.9 Å². The van der Waals surface area contributed by atoms with Crippen molar-refractivity contribution in [2.75, 3.05) is 26.8 Å². The van der Waals surface area contributed by atoms with Crippen molar-refractivity contribution in [2.24, 2.45) is 0 Å². The van der Waals surface area contributed by atoms with E-state index in [1.54, 1.807) is 7.11 Å². The van der Waals surface area contributed by atoms with Crippen LogP contribution in [0.3, 0.4) is 0 Å². The number of thiophene rings is 1. The predicted octanol–water partition coefficient (Wildman–Crippen LogP) is 1.55. The molecule has 100 valence electrons. The number of carbonyl (C=O) groups is 1. The molecule has 1 amide bonds. The SMILES string of the molecule is COCC1(CNC(=O)c2sccc2C)CCCN1. The maximum Gasteiger partial charge on any atom is 0.261 e. The van der Waals surface area contributed by atoms with E-state index in [9.17, 15) is 4.79 Å². The maximum atomic E-state index is 12.1. The van der Waals surface area contributed by atoms with Crippen molar-refractivity contribution < 1.29 is 9.53 Å². The zero-order valence-electron chi connectivity index (χ0n) is 10.9. The summed E-state index contributed by atoms with van der Waals surface area (Å²) >= 11 is 1.49. The summed E-state index contributed by atoms with van der Waals surface area (Å²) in [7, 11) is 1.70. The summed E-state index contributed by atoms with van der Waals surface area (Å²) in [6.45, 7) is 4.22. The summed E-state index contributed by atoms with van der Waals surface area (Å²) in [4.78, 5) is 12.9. The molecule has 18 heavy (non-hydrogen) atoms. The van der Waals surface area contributed by atoms with Gasteiger partial charge in [-0.15, -0.1) is 11.3 Å². The van der Waals surface area contributed by atoms with Gasteiger partial charge < -0.3 is 15.4 Å². The smallest absolute Gasteiger partial charge is 0.261 e. The second-order valence-corrected chi connectivity index (χ2v) is 5.78. The van der Waals surface area contributed by atoms with Crippen molar-refractivity contribution >= 4 is 17.2 Å². The first-order chi connectivity index (χ1) is 8.67. The van der Waals surface area contributed by atoms with E-state index >= 15 is 0 Å². The fourth-order valence-corrected chi connectivity index (χ4v) is 3.25. The number of amides is 1. The molecule has 0 saturated carbocycles. The van der Waals surface area contributed by atoms with Gasteiger partial charge in [0.1, 0.15) is 0 Å². The Labute approximate surface area is 112 Å². The summed E-state index contributed by atoms with van der Waals surface area (Å²) in [5, 5.41) is 8.42. The molecule has 4 nitrogen and oxygen atoms in total. The van der Waals surface area contributed by atoms with Gasteiger partial charge in [-0.2, -0.15) is 0 Å². The first kappa shape index (κ1) is 13.5. The van der Waals surface area contributed by atoms with E-state index in [0.717, 1.165) is 29.8 Å². The highest BCUT2D eigenvalue weighted by molar-refractivity contribution is 7.12. The van der Waals surface area contributed by atoms with Crippen LogP contribution in [-0.4, -0.2) is 38.3 Å². The second-order valence-electron chi connectivity index (χ2n) is 4.86. The molecule has 1 aliphatic rings. The average Bonchev–Trinajstić information content (AvgIpc) is 2.97. The largest absolute Gasteiger partial charge is 0.383 e. The van der Waals surface area contributed by atoms with Crippen LogP contribution in [0.2, 0.25) is 0 Å². The molecule has 5 heteroatoms. The van der Waals surface area contributed by atoms with E-state index in [-0.39, 0.29) is 11.4 Å². The molecule has 0 aliphatic carbocycles. The van der Waals surface area contributed by atoms with E-state index in [4.69, 9.17) is 4.74 Å². The first-order valence-electron chi connectivity index (χ1n) is 6.23. The van der Waals surface area contributed by atoms with Crippen molar-refractivity contribution in [1.82, 2.24) is 10.6 Å². The van der Waals surface area contributed by atoms with Gasteiger partial charge in [0, 0.05) is 13.7 Å². The highest BCUT2D eigenvalue weighted by Crippen LogP contribution is 2.20. The van der Waals surface area contributed by atoms with Crippen LogP contribution < -0.4 is 10.6 Å². The standard InChI is InChI=1S/C13H20N2O2S/c1-10-4-7-18-11(10)12(16)14-8-13(9-17-2)5-3-6-15-13/h4,7,15H,3,5-6,8-9H2,1-2H3,(H,14,16). The van der Waals surface area contributed by atoms with Crippen LogP contribution in [0.4, 0.5) is 0 Å². The third-order valence-electron chi connectivity index (χ3n) is 3.41. The molecule has 2 rings (SSSR count). The van der Waals surface area contributed by atoms with Gasteiger partial charge in [0.15, 0.2) is 0 Å². The van der Waals surface area contributed by atoms with Gasteiger partial charge in [0.2, 0.25) is 0 Å². The number of nitrogens with one attached hydrogen (secondary N) is 2. The fraction of sp³-hybridized carbons (Fsp3) is 0.615. The zero-order valence-corrected chi connectivity index (χ0v) is 11.7. The Bertz CT molecular complexity index is 411. The fourth-order valence-electron chi connectivity index (χ4n) is 2.41. The number of ether oxygens (including phenoxy) is 1. The Morgan fingerprint density at radius 2 is 2.50 bits per heavy atom. The number of rotatable bonds is 5. The molecule has 0 radical (unpaired) electrons. The van der Waals surface area contributed by atoms with Gasteiger partial charge in [0.05, 0.1) is 17.0 Å². The molecule has 0 bridgehead atoms. The topological polar surface area (TPSA) is 50.4 Å². The number of methoxy groups -OCH3 is 1. The summed E-state index contributed by atoms with van der Waals surface area (Å²) in [6.07, 6.45) is 2.18. The van der Waals surface area contributed by atoms with Crippen LogP contribution in [0.25, 0.3) is 0 Å². The summed E-state index contributed by atoms with van der Waals surface area (Å²) in [5.74, 6) is 0.0201. The molecule has 1 unspecified atom stereocenters. The number of aryl methyl sites for hydroxylation is 1. The van der Waals surface area contributed by atoms with E-state index in [1.165, 1.54) is 11.3 Å². The van der Waals surface area contributed by atoms with Gasteiger partial charge in [0.25, 0.3) is 5.91 Å². The molecule has 2 N–H and O–H groups in total. The third-order valence-corrected chi connectivity index (χ3v) is 4.42. The Morgan fingerprint density at radius 1 is 1.67 bits per heavy atom. The van der Waals surface area contributed by atoms with Crippen LogP contribution in [0.5, 0.6) is 0 Å². The molecular formula is C13H20N2O2S. The highest BCUT2D eigenvalue weighted by atomic mass is 32.1. The highest BCUT2D eigenvalue weighted by Gasteiger charge is 2.33. The average molecular weight is 268 g/mol. The lowest BCUT2D eigenvalue weighted by atomic mass is 9.98. The van der Waals surface area contributed by atoms with Crippen molar-refractivity contribution in [1.29, 1.82) is 0 Å². The van der Waals surface area contributed by atoms with E-state index in [2.05, 4.69) is 10.6 Å². The molecule has 1 aromatic rings. The molecular weight excluding hydrogens is 248 g/mol. The van der Waals surface area contributed by atoms with Gasteiger partial charge in [-0.3, -0.25) is 4.79 Å². The number of hydrogen-bond donors (Lipinski definition) is 2. The Hall–Kier alpha value is -0.910. The minimum Gasteiger partial charge on any atom is -0.383 e. The lowest BCUT2D eigenvalue weighted by Gasteiger charge is -2.28. The Kier molecular flexibility index (Phi) is 4.37. The summed E-state index contributed by atoms with van der Waals surface area (Å²) < 4.78 is 5.26. The van der Waals surface area contributed by atoms with Crippen LogP contribution in [-0.2, 0) is 4.74 Å². The van der Waals surface area contributed by atoms with Crippen molar-refractivity contribution in [3.63, 3.8) is 0 Å². The molecule has 1 aliphatic heterocycles. The molecule has 0 spiro atoms. The Balaban J connectivity index is 1.94. The minimum atomic E-state index is -0.0877. The summed E-state index contributed by atoms with van der Waals surface area (Å²) in [6, 6.07) is 1.97.